The maximum atomic E-state index is 14.7. The van der Waals surface area contributed by atoms with Gasteiger partial charge in [0.05, 0.1) is 23.9 Å². The average molecular weight is 808 g/mol. The third-order valence-corrected chi connectivity index (χ3v) is 14.1. The molecule has 1 saturated heterocycles. The molecule has 1 aromatic carbocycles. The molecule has 3 N–H and O–H groups in total. The third kappa shape index (κ3) is 8.59. The van der Waals surface area contributed by atoms with E-state index in [1.165, 1.54) is 11.0 Å². The lowest BCUT2D eigenvalue weighted by atomic mass is 9.85. The number of pyridine rings is 1. The van der Waals surface area contributed by atoms with Crippen LogP contribution in [-0.4, -0.2) is 89.8 Å². The van der Waals surface area contributed by atoms with Gasteiger partial charge in [-0.25, -0.2) is 13.2 Å². The van der Waals surface area contributed by atoms with E-state index < -0.39 is 79.2 Å². The SMILES string of the molecule is C=C[C@@H]1C[C@]1(NC(=O)[C@@H]1C[C@@H](Oc2cc(C3CC3)nc3cc(OC)ccc23)CN1C(=O)[C@@H](NC(=O)OC(C)(C)C)C(C)(C)C)C(=O)NS(=O)(=O)C1(CC2CC2)CC1. The summed E-state index contributed by atoms with van der Waals surface area (Å²) in [6, 6.07) is 5.20. The van der Waals surface area contributed by atoms with Crippen molar-refractivity contribution in [2.24, 2.45) is 17.3 Å². The Balaban J connectivity index is 1.18. The van der Waals surface area contributed by atoms with E-state index in [2.05, 4.69) is 21.9 Å². The highest BCUT2D eigenvalue weighted by molar-refractivity contribution is 7.91. The number of nitrogens with one attached hydrogen (secondary N) is 3. The maximum absolute atomic E-state index is 14.7. The number of nitrogens with zero attached hydrogens (tertiary/aromatic N) is 2. The topological polar surface area (TPSA) is 182 Å². The normalized spacial score (nSPS) is 25.9. The zero-order valence-electron chi connectivity index (χ0n) is 34.1. The number of carbonyl (C=O) groups is 4. The van der Waals surface area contributed by atoms with E-state index in [-0.39, 0.29) is 19.4 Å². The highest BCUT2D eigenvalue weighted by Gasteiger charge is 2.64. The Morgan fingerprint density at radius 2 is 1.75 bits per heavy atom. The summed E-state index contributed by atoms with van der Waals surface area (Å²) < 4.78 is 46.3. The van der Waals surface area contributed by atoms with Gasteiger partial charge in [-0.3, -0.25) is 24.1 Å². The number of amides is 4. The second-order valence-electron chi connectivity index (χ2n) is 18.9. The number of alkyl carbamates (subject to hydrolysis) is 1. The van der Waals surface area contributed by atoms with Gasteiger partial charge in [0.2, 0.25) is 21.8 Å². The van der Waals surface area contributed by atoms with Gasteiger partial charge >= 0.3 is 6.09 Å². The van der Waals surface area contributed by atoms with Crippen LogP contribution in [0, 0.1) is 17.3 Å². The summed E-state index contributed by atoms with van der Waals surface area (Å²) in [7, 11) is -2.43. The number of fused-ring (bicyclic) bond motifs is 1. The molecule has 1 aliphatic heterocycles. The second kappa shape index (κ2) is 14.5. The van der Waals surface area contributed by atoms with Crippen molar-refractivity contribution >= 4 is 44.7 Å². The van der Waals surface area contributed by atoms with E-state index in [4.69, 9.17) is 19.2 Å². The van der Waals surface area contributed by atoms with Gasteiger partial charge in [0.15, 0.2) is 0 Å². The first-order valence-electron chi connectivity index (χ1n) is 20.1. The average Bonchev–Trinajstić information content (AvgIpc) is 3.91. The van der Waals surface area contributed by atoms with Crippen LogP contribution in [0.5, 0.6) is 11.5 Å². The van der Waals surface area contributed by atoms with E-state index in [0.29, 0.717) is 48.1 Å². The Kier molecular flexibility index (Phi) is 10.3. The van der Waals surface area contributed by atoms with Crippen LogP contribution in [0.2, 0.25) is 0 Å². The predicted octanol–water partition coefficient (Wildman–Crippen LogP) is 5.25. The summed E-state index contributed by atoms with van der Waals surface area (Å²) >= 11 is 0. The Hall–Kier alpha value is -4.40. The fraction of sp³-hybridized carbons (Fsp3) is 0.643. The van der Waals surface area contributed by atoms with Gasteiger partial charge < -0.3 is 29.7 Å². The fourth-order valence-electron chi connectivity index (χ4n) is 8.03. The number of rotatable bonds is 14. The molecule has 5 aliphatic rings. The zero-order chi connectivity index (χ0) is 41.3. The molecule has 5 atom stereocenters. The molecule has 57 heavy (non-hydrogen) atoms. The van der Waals surface area contributed by atoms with E-state index in [9.17, 15) is 27.6 Å². The third-order valence-electron chi connectivity index (χ3n) is 11.9. The van der Waals surface area contributed by atoms with Gasteiger partial charge in [-0.05, 0) is 82.8 Å². The summed E-state index contributed by atoms with van der Waals surface area (Å²) in [6.07, 6.45) is 5.79. The van der Waals surface area contributed by atoms with Crippen LogP contribution in [0.4, 0.5) is 4.79 Å². The number of likely N-dealkylation sites (tertiary alicyclic amines) is 1. The second-order valence-corrected chi connectivity index (χ2v) is 21.0. The lowest BCUT2D eigenvalue weighted by Gasteiger charge is -2.36. The molecule has 0 spiro atoms. The van der Waals surface area contributed by atoms with Crippen molar-refractivity contribution < 1.29 is 41.8 Å². The largest absolute Gasteiger partial charge is 0.497 e. The van der Waals surface area contributed by atoms with Crippen LogP contribution in [0.3, 0.4) is 0 Å². The number of hydrogen-bond acceptors (Lipinski definition) is 10. The molecule has 7 rings (SSSR count). The van der Waals surface area contributed by atoms with Gasteiger partial charge in [0.25, 0.3) is 5.91 Å². The molecular weight excluding hydrogens is 751 g/mol. The highest BCUT2D eigenvalue weighted by Crippen LogP contribution is 2.53. The van der Waals surface area contributed by atoms with Gasteiger partial charge in [0, 0.05) is 41.5 Å². The Bertz CT molecular complexity index is 2080. The first kappa shape index (κ1) is 40.8. The molecule has 310 valence electrons. The molecule has 14 nitrogen and oxygen atoms in total. The number of aromatic nitrogens is 1. The van der Waals surface area contributed by atoms with Crippen LogP contribution < -0.4 is 24.8 Å². The van der Waals surface area contributed by atoms with E-state index in [1.807, 2.05) is 24.3 Å². The molecule has 0 radical (unpaired) electrons. The van der Waals surface area contributed by atoms with Gasteiger partial charge in [-0.15, -0.1) is 6.58 Å². The van der Waals surface area contributed by atoms with E-state index in [0.717, 1.165) is 36.8 Å². The number of methoxy groups -OCH3 is 1. The van der Waals surface area contributed by atoms with Gasteiger partial charge in [-0.2, -0.15) is 0 Å². The molecule has 5 fully saturated rings. The van der Waals surface area contributed by atoms with Crippen LogP contribution >= 0.6 is 0 Å². The van der Waals surface area contributed by atoms with Crippen molar-refractivity contribution in [3.05, 3.63) is 42.6 Å². The van der Waals surface area contributed by atoms with E-state index >= 15 is 0 Å². The molecule has 4 amide bonds. The zero-order valence-corrected chi connectivity index (χ0v) is 34.9. The van der Waals surface area contributed by atoms with Crippen molar-refractivity contribution in [1.29, 1.82) is 0 Å². The number of sulfonamides is 1. The number of carbonyl (C=O) groups excluding carboxylic acids is 4. The Labute approximate surface area is 335 Å². The molecule has 2 aromatic rings. The monoisotopic (exact) mass is 807 g/mol. The first-order valence-corrected chi connectivity index (χ1v) is 21.6. The summed E-state index contributed by atoms with van der Waals surface area (Å²) in [5, 5.41) is 6.36. The number of hydrogen-bond donors (Lipinski definition) is 3. The molecule has 15 heteroatoms. The standard InChI is InChI=1S/C42H57N5O9S/c1-9-26-22-42(26,37(50)46-57(52,53)41(16-17-41)21-24-10-11-24)45-35(48)32-19-28(23-47(32)36(49)34(39(2,3)4)44-38(51)56-40(5,6)7)55-33-20-30(25-12-13-25)43-31-18-27(54-8)14-15-29(31)33/h9,14-15,18,20,24-26,28,32,34H,1,10-13,16-17,19,21-23H2,2-8H3,(H,44,51)(H,45,48)(H,46,50)/t26-,28-,32+,34-,42-/m1/s1. The first-order chi connectivity index (χ1) is 26.7. The minimum absolute atomic E-state index is 0.0135. The maximum Gasteiger partial charge on any atom is 0.408 e. The van der Waals surface area contributed by atoms with Crippen molar-refractivity contribution in [3.63, 3.8) is 0 Å². The van der Waals surface area contributed by atoms with Crippen LogP contribution in [0.1, 0.15) is 111 Å². The highest BCUT2D eigenvalue weighted by atomic mass is 32.2. The van der Waals surface area contributed by atoms with Crippen molar-refractivity contribution in [2.45, 2.75) is 139 Å². The Morgan fingerprint density at radius 3 is 2.32 bits per heavy atom. The number of benzene rings is 1. The number of ether oxygens (including phenoxy) is 3. The summed E-state index contributed by atoms with van der Waals surface area (Å²) in [5.41, 5.74) is -1.62. The van der Waals surface area contributed by atoms with Crippen LogP contribution in [0.15, 0.2) is 36.9 Å². The van der Waals surface area contributed by atoms with Gasteiger partial charge in [0.1, 0.15) is 40.8 Å². The molecule has 2 heterocycles. The molecule has 0 unspecified atom stereocenters. The summed E-state index contributed by atoms with van der Waals surface area (Å²) in [4.78, 5) is 62.6. The summed E-state index contributed by atoms with van der Waals surface area (Å²) in [6.45, 7) is 14.4. The fourth-order valence-corrected chi connectivity index (χ4v) is 9.77. The lowest BCUT2D eigenvalue weighted by Crippen LogP contribution is -2.60. The van der Waals surface area contributed by atoms with Crippen LogP contribution in [-0.2, 0) is 29.1 Å². The van der Waals surface area contributed by atoms with Crippen molar-refractivity contribution in [1.82, 2.24) is 25.2 Å². The minimum atomic E-state index is -4.02. The molecule has 0 bridgehead atoms. The lowest BCUT2D eigenvalue weighted by molar-refractivity contribution is -0.143. The quantitative estimate of drug-likeness (QED) is 0.213. The van der Waals surface area contributed by atoms with E-state index in [1.54, 1.807) is 48.7 Å². The minimum Gasteiger partial charge on any atom is -0.497 e. The van der Waals surface area contributed by atoms with Crippen molar-refractivity contribution in [2.75, 3.05) is 13.7 Å². The van der Waals surface area contributed by atoms with Gasteiger partial charge in [-0.1, -0.05) is 39.7 Å². The smallest absolute Gasteiger partial charge is 0.408 e. The predicted molar refractivity (Wildman–Crippen MR) is 213 cm³/mol. The molecule has 4 saturated carbocycles. The van der Waals surface area contributed by atoms with Crippen LogP contribution in [0.25, 0.3) is 10.9 Å². The Morgan fingerprint density at radius 1 is 1.05 bits per heavy atom. The van der Waals surface area contributed by atoms with Crippen molar-refractivity contribution in [3.8, 4) is 11.5 Å². The molecule has 1 aromatic heterocycles. The summed E-state index contributed by atoms with van der Waals surface area (Å²) in [5.74, 6) is -0.646. The molecule has 4 aliphatic carbocycles. The molecular formula is C42H57N5O9S.